The minimum absolute atomic E-state index is 0.000583. The van der Waals surface area contributed by atoms with Gasteiger partial charge in [0, 0.05) is 50.9 Å². The van der Waals surface area contributed by atoms with Gasteiger partial charge in [-0.1, -0.05) is 0 Å². The van der Waals surface area contributed by atoms with Crippen LogP contribution >= 0.6 is 0 Å². The lowest BCUT2D eigenvalue weighted by molar-refractivity contribution is -0.256. The lowest BCUT2D eigenvalue weighted by atomic mass is 9.86. The molecule has 0 aromatic rings. The van der Waals surface area contributed by atoms with Crippen LogP contribution < -0.4 is 0 Å². The fourth-order valence-electron chi connectivity index (χ4n) is 9.90. The third-order valence-corrected chi connectivity index (χ3v) is 14.1. The summed E-state index contributed by atoms with van der Waals surface area (Å²) in [5.41, 5.74) is 0. The van der Waals surface area contributed by atoms with E-state index in [2.05, 4.69) is 0 Å². The molecule has 0 saturated carbocycles. The van der Waals surface area contributed by atoms with E-state index in [4.69, 9.17) is 56.8 Å². The lowest BCUT2D eigenvalue weighted by Crippen LogP contribution is -2.60. The van der Waals surface area contributed by atoms with Gasteiger partial charge in [-0.3, -0.25) is 0 Å². The maximum absolute atomic E-state index is 11.5. The minimum atomic E-state index is -1.61. The Bertz CT molecular complexity index is 1420. The molecular weight excluding hydrogens is 932 g/mol. The van der Waals surface area contributed by atoms with Gasteiger partial charge in [-0.25, -0.2) is 0 Å². The van der Waals surface area contributed by atoms with Crippen molar-refractivity contribution in [1.82, 2.24) is 0 Å². The molecule has 5 fully saturated rings. The van der Waals surface area contributed by atoms with Gasteiger partial charge in [0.05, 0.1) is 160 Å². The Morgan fingerprint density at radius 1 is 0.246 bits per heavy atom. The maximum atomic E-state index is 11.5. The van der Waals surface area contributed by atoms with E-state index in [-0.39, 0.29) is 66.1 Å². The van der Waals surface area contributed by atoms with E-state index < -0.39 is 185 Å². The smallest absolute Gasteiger partial charge is 0.110 e. The van der Waals surface area contributed by atoms with Gasteiger partial charge in [-0.05, 0) is 0 Å². The second kappa shape index (κ2) is 28.6. The molecule has 26 nitrogen and oxygen atoms in total. The average Bonchev–Trinajstić information content (AvgIpc) is 3.34. The van der Waals surface area contributed by atoms with Crippen LogP contribution in [0.15, 0.2) is 0 Å². The molecule has 5 rings (SSSR count). The summed E-state index contributed by atoms with van der Waals surface area (Å²) < 4.78 is 68.1. The average molecular weight is 1010 g/mol. The maximum Gasteiger partial charge on any atom is 0.110 e. The summed E-state index contributed by atoms with van der Waals surface area (Å²) in [6, 6.07) is 0. The summed E-state index contributed by atoms with van der Waals surface area (Å²) in [6.07, 6.45) is -24.8. The molecule has 5 heterocycles. The van der Waals surface area contributed by atoms with E-state index in [1.165, 1.54) is 21.3 Å². The van der Waals surface area contributed by atoms with Crippen LogP contribution in [-0.4, -0.2) is 314 Å². The third kappa shape index (κ3) is 14.4. The highest BCUT2D eigenvalue weighted by Crippen LogP contribution is 2.33. The Kier molecular flexibility index (Phi) is 24.4. The summed E-state index contributed by atoms with van der Waals surface area (Å²) in [5.74, 6) is -4.39. The largest absolute Gasteiger partial charge is 0.394 e. The summed E-state index contributed by atoms with van der Waals surface area (Å²) >= 11 is 0. The molecule has 0 aromatic heterocycles. The molecule has 26 heteroatoms. The van der Waals surface area contributed by atoms with E-state index in [0.29, 0.717) is 0 Å². The molecule has 14 N–H and O–H groups in total. The van der Waals surface area contributed by atoms with E-state index in [0.717, 1.165) is 0 Å². The van der Waals surface area contributed by atoms with Crippen LogP contribution in [0.4, 0.5) is 0 Å². The molecule has 0 aliphatic carbocycles. The zero-order chi connectivity index (χ0) is 50.5. The minimum Gasteiger partial charge on any atom is -0.394 e. The number of ether oxygens (including phenoxy) is 12. The number of aliphatic hydroxyl groups is 14. The zero-order valence-electron chi connectivity index (χ0n) is 39.2. The summed E-state index contributed by atoms with van der Waals surface area (Å²) in [7, 11) is 4.19. The van der Waals surface area contributed by atoms with Gasteiger partial charge < -0.3 is 128 Å². The standard InChI is InChI=1S/C43H78O26/c1-58-8-19-24(4-44)66-30(40(54)34(19)48)16-63-12-23-28(14-64-18-32-41(55)35(49)20(9-59-2)25(5-45)67-32)69-33(43(57)38(23)52)17-62-11-22-27(7-47)68-31(42(56)37(22)51)15-61-10-21-26(6-46)65-29(13-60-3)39(53)36(21)50/h19-57H,4-18H2,1-3H3/t19?,20-,21?,22?,23?,24+,25+,26+,27+,28+,29-,30-,31-,32-,33-,34?,35-,36?,37?,38?,39?,40?,41-,42?,43?/m1/s1. The number of hydrogen-bond donors (Lipinski definition) is 14. The topological polar surface area (TPSA) is 394 Å². The second-order valence-corrected chi connectivity index (χ2v) is 18.5. The molecule has 69 heavy (non-hydrogen) atoms. The van der Waals surface area contributed by atoms with Crippen molar-refractivity contribution in [1.29, 1.82) is 0 Å². The van der Waals surface area contributed by atoms with Crippen molar-refractivity contribution < 1.29 is 128 Å². The first kappa shape index (κ1) is 58.8. The molecular formula is C43H78O26. The van der Waals surface area contributed by atoms with Crippen molar-refractivity contribution in [3.8, 4) is 0 Å². The monoisotopic (exact) mass is 1010 g/mol. The Balaban J connectivity index is 1.19. The molecule has 406 valence electrons. The van der Waals surface area contributed by atoms with Gasteiger partial charge in [0.2, 0.25) is 0 Å². The Morgan fingerprint density at radius 2 is 0.449 bits per heavy atom. The van der Waals surface area contributed by atoms with E-state index >= 15 is 0 Å². The molecule has 12 unspecified atom stereocenters. The number of aliphatic hydroxyl groups excluding tert-OH is 14. The van der Waals surface area contributed by atoms with Crippen molar-refractivity contribution in [3.63, 3.8) is 0 Å². The van der Waals surface area contributed by atoms with Crippen LogP contribution in [-0.2, 0) is 56.8 Å². The number of methoxy groups -OCH3 is 3. The van der Waals surface area contributed by atoms with Crippen molar-refractivity contribution in [2.45, 2.75) is 122 Å². The fraction of sp³-hybridized carbons (Fsp3) is 1.00. The molecule has 5 aliphatic heterocycles. The molecule has 0 amide bonds. The van der Waals surface area contributed by atoms with Gasteiger partial charge in [0.15, 0.2) is 0 Å². The van der Waals surface area contributed by atoms with E-state index in [9.17, 15) is 71.5 Å². The van der Waals surface area contributed by atoms with Gasteiger partial charge in [0.25, 0.3) is 0 Å². The Hall–Kier alpha value is -1.04. The third-order valence-electron chi connectivity index (χ3n) is 14.1. The second-order valence-electron chi connectivity index (χ2n) is 18.5. The van der Waals surface area contributed by atoms with Gasteiger partial charge >= 0.3 is 0 Å². The molecule has 5 saturated heterocycles. The molecule has 5 aliphatic rings. The highest BCUT2D eigenvalue weighted by molar-refractivity contribution is 4.97. The van der Waals surface area contributed by atoms with Crippen LogP contribution in [0, 0.1) is 29.6 Å². The van der Waals surface area contributed by atoms with Crippen LogP contribution in [0.25, 0.3) is 0 Å². The summed E-state index contributed by atoms with van der Waals surface area (Å²) in [5, 5.41) is 149. The lowest BCUT2D eigenvalue weighted by Gasteiger charge is -2.45. The molecule has 0 spiro atoms. The number of hydrogen-bond acceptors (Lipinski definition) is 26. The van der Waals surface area contributed by atoms with Gasteiger partial charge in [-0.15, -0.1) is 0 Å². The molecule has 25 atom stereocenters. The van der Waals surface area contributed by atoms with Gasteiger partial charge in [0.1, 0.15) is 61.0 Å². The fourth-order valence-corrected chi connectivity index (χ4v) is 9.90. The summed E-state index contributed by atoms with van der Waals surface area (Å²) in [6.45, 7) is -4.69. The van der Waals surface area contributed by atoms with Crippen LogP contribution in [0.3, 0.4) is 0 Å². The Morgan fingerprint density at radius 3 is 0.710 bits per heavy atom. The predicted octanol–water partition coefficient (Wildman–Crippen LogP) is -8.51. The van der Waals surface area contributed by atoms with Crippen LogP contribution in [0.2, 0.25) is 0 Å². The molecule has 0 bridgehead atoms. The highest BCUT2D eigenvalue weighted by Gasteiger charge is 2.50. The van der Waals surface area contributed by atoms with Gasteiger partial charge in [-0.2, -0.15) is 0 Å². The quantitative estimate of drug-likeness (QED) is 0.0383. The molecule has 0 radical (unpaired) electrons. The SMILES string of the molecule is COCC1C(O)C(O)[C@@H](COCC2C(O)C(O)[C@@H](COCC3C(O)C(O)[C@@H](COCC4C(O)C(O)[C@@H](COC)O[C@H]4CO)O[C@H]3CO)O[C@H]2COC[C@H]2O[C@@H](CO)[C@@H](COC)[C@@H](O)[C@@H]2O)O[C@H]1CO. The first-order chi connectivity index (χ1) is 33.1. The zero-order valence-corrected chi connectivity index (χ0v) is 39.2. The van der Waals surface area contributed by atoms with Crippen LogP contribution in [0.1, 0.15) is 0 Å². The van der Waals surface area contributed by atoms with E-state index in [1.54, 1.807) is 0 Å². The molecule has 0 aromatic carbocycles. The van der Waals surface area contributed by atoms with Crippen molar-refractivity contribution in [2.75, 3.05) is 120 Å². The van der Waals surface area contributed by atoms with Crippen molar-refractivity contribution >= 4 is 0 Å². The summed E-state index contributed by atoms with van der Waals surface area (Å²) in [4.78, 5) is 0. The highest BCUT2D eigenvalue weighted by atomic mass is 16.6. The first-order valence-electron chi connectivity index (χ1n) is 23.4. The normalized spacial score (nSPS) is 45.4. The first-order valence-corrected chi connectivity index (χ1v) is 23.4. The van der Waals surface area contributed by atoms with Crippen molar-refractivity contribution in [3.05, 3.63) is 0 Å². The van der Waals surface area contributed by atoms with Crippen molar-refractivity contribution in [2.24, 2.45) is 29.6 Å². The van der Waals surface area contributed by atoms with Crippen LogP contribution in [0.5, 0.6) is 0 Å². The number of rotatable bonds is 26. The van der Waals surface area contributed by atoms with E-state index in [1.807, 2.05) is 0 Å². The Labute approximate surface area is 400 Å². The predicted molar refractivity (Wildman–Crippen MR) is 228 cm³/mol.